The van der Waals surface area contributed by atoms with Gasteiger partial charge in [-0.3, -0.25) is 0 Å². The van der Waals surface area contributed by atoms with Gasteiger partial charge >= 0.3 is 0 Å². The standard InChI is InChI=1S/C16H19Cl2NS/c1-19-14(4-2-5-15-6-3-9-20-15)11-12-10-13(17)7-8-16(12)18/h3,6-10,14,19H,2,4-5,11H2,1H3. The van der Waals surface area contributed by atoms with Crippen LogP contribution in [0.2, 0.25) is 10.0 Å². The fourth-order valence-corrected chi connectivity index (χ4v) is 3.43. The van der Waals surface area contributed by atoms with Gasteiger partial charge in [-0.2, -0.15) is 0 Å². The maximum absolute atomic E-state index is 6.23. The first-order chi connectivity index (χ1) is 9.69. The SMILES string of the molecule is CNC(CCCc1cccs1)Cc1cc(Cl)ccc1Cl. The molecule has 0 saturated heterocycles. The van der Waals surface area contributed by atoms with Crippen molar-refractivity contribution in [1.29, 1.82) is 0 Å². The van der Waals surface area contributed by atoms with Crippen molar-refractivity contribution < 1.29 is 0 Å². The Morgan fingerprint density at radius 3 is 2.80 bits per heavy atom. The Balaban J connectivity index is 1.86. The lowest BCUT2D eigenvalue weighted by Gasteiger charge is -2.17. The molecule has 4 heteroatoms. The Kier molecular flexibility index (Phi) is 6.37. The number of thiophene rings is 1. The predicted molar refractivity (Wildman–Crippen MR) is 90.3 cm³/mol. The van der Waals surface area contributed by atoms with E-state index in [-0.39, 0.29) is 0 Å². The molecule has 20 heavy (non-hydrogen) atoms. The number of hydrogen-bond acceptors (Lipinski definition) is 2. The van der Waals surface area contributed by atoms with Gasteiger partial charge in [0.25, 0.3) is 0 Å². The molecule has 0 spiro atoms. The number of aryl methyl sites for hydroxylation is 1. The van der Waals surface area contributed by atoms with Crippen LogP contribution >= 0.6 is 34.5 Å². The van der Waals surface area contributed by atoms with Crippen molar-refractivity contribution in [1.82, 2.24) is 5.32 Å². The lowest BCUT2D eigenvalue weighted by Crippen LogP contribution is -2.27. The first-order valence-electron chi connectivity index (χ1n) is 6.82. The van der Waals surface area contributed by atoms with Gasteiger partial charge in [-0.1, -0.05) is 29.3 Å². The zero-order valence-corrected chi connectivity index (χ0v) is 13.9. The van der Waals surface area contributed by atoms with E-state index < -0.39 is 0 Å². The largest absolute Gasteiger partial charge is 0.317 e. The van der Waals surface area contributed by atoms with Gasteiger partial charge in [0.15, 0.2) is 0 Å². The number of nitrogens with one attached hydrogen (secondary N) is 1. The number of benzene rings is 1. The van der Waals surface area contributed by atoms with E-state index in [0.717, 1.165) is 34.9 Å². The van der Waals surface area contributed by atoms with Crippen molar-refractivity contribution in [2.45, 2.75) is 31.7 Å². The summed E-state index contributed by atoms with van der Waals surface area (Å²) in [6.45, 7) is 0. The van der Waals surface area contributed by atoms with Gasteiger partial charge < -0.3 is 5.32 Å². The Morgan fingerprint density at radius 2 is 2.10 bits per heavy atom. The lowest BCUT2D eigenvalue weighted by atomic mass is 10.0. The van der Waals surface area contributed by atoms with Crippen LogP contribution in [0.3, 0.4) is 0 Å². The number of likely N-dealkylation sites (N-methyl/N-ethyl adjacent to an activating group) is 1. The van der Waals surface area contributed by atoms with E-state index in [9.17, 15) is 0 Å². The third kappa shape index (κ3) is 4.78. The predicted octanol–water partition coefficient (Wildman–Crippen LogP) is 5.21. The zero-order chi connectivity index (χ0) is 14.4. The fourth-order valence-electron chi connectivity index (χ4n) is 2.29. The molecule has 1 heterocycles. The summed E-state index contributed by atoms with van der Waals surface area (Å²) in [6, 6.07) is 10.4. The molecule has 1 atom stereocenters. The molecular weight excluding hydrogens is 309 g/mol. The number of rotatable bonds is 7. The summed E-state index contributed by atoms with van der Waals surface area (Å²) in [4.78, 5) is 1.46. The number of halogens is 2. The van der Waals surface area contributed by atoms with E-state index in [1.54, 1.807) is 0 Å². The quantitative estimate of drug-likeness (QED) is 0.736. The molecule has 2 rings (SSSR count). The highest BCUT2D eigenvalue weighted by atomic mass is 35.5. The fraction of sp³-hybridized carbons (Fsp3) is 0.375. The third-order valence-electron chi connectivity index (χ3n) is 3.44. The molecule has 2 aromatic rings. The van der Waals surface area contributed by atoms with Crippen molar-refractivity contribution in [3.8, 4) is 0 Å². The highest BCUT2D eigenvalue weighted by molar-refractivity contribution is 7.09. The van der Waals surface area contributed by atoms with E-state index in [1.165, 1.54) is 11.3 Å². The molecule has 1 nitrogen and oxygen atoms in total. The Hall–Kier alpha value is -0.540. The Bertz CT molecular complexity index is 525. The first kappa shape index (κ1) is 15.8. The van der Waals surface area contributed by atoms with E-state index in [1.807, 2.05) is 36.6 Å². The van der Waals surface area contributed by atoms with Gasteiger partial charge in [0.1, 0.15) is 0 Å². The minimum Gasteiger partial charge on any atom is -0.317 e. The summed E-state index contributed by atoms with van der Waals surface area (Å²) in [5, 5.41) is 7.06. The van der Waals surface area contributed by atoms with Crippen molar-refractivity contribution in [2.75, 3.05) is 7.05 Å². The second kappa shape index (κ2) is 8.04. The molecule has 1 unspecified atom stereocenters. The molecule has 0 aliphatic carbocycles. The van der Waals surface area contributed by atoms with Gasteiger partial charge in [0, 0.05) is 21.0 Å². The van der Waals surface area contributed by atoms with E-state index in [4.69, 9.17) is 23.2 Å². The average molecular weight is 328 g/mol. The summed E-state index contributed by atoms with van der Waals surface area (Å²) < 4.78 is 0. The summed E-state index contributed by atoms with van der Waals surface area (Å²) >= 11 is 14.1. The first-order valence-corrected chi connectivity index (χ1v) is 8.46. The van der Waals surface area contributed by atoms with Crippen LogP contribution in [-0.4, -0.2) is 13.1 Å². The summed E-state index contributed by atoms with van der Waals surface area (Å²) in [5.74, 6) is 0. The Labute approximate surface area is 134 Å². The molecule has 0 radical (unpaired) electrons. The van der Waals surface area contributed by atoms with Crippen LogP contribution in [0.1, 0.15) is 23.3 Å². The molecule has 0 saturated carbocycles. The molecule has 1 aromatic carbocycles. The van der Waals surface area contributed by atoms with Gasteiger partial charge in [0.05, 0.1) is 0 Å². The van der Waals surface area contributed by atoms with Gasteiger partial charge in [-0.15, -0.1) is 11.3 Å². The van der Waals surface area contributed by atoms with E-state index >= 15 is 0 Å². The molecule has 0 amide bonds. The van der Waals surface area contributed by atoms with Crippen LogP contribution in [0, 0.1) is 0 Å². The minimum absolute atomic E-state index is 0.436. The molecule has 1 N–H and O–H groups in total. The topological polar surface area (TPSA) is 12.0 Å². The highest BCUT2D eigenvalue weighted by Crippen LogP contribution is 2.23. The molecule has 0 bridgehead atoms. The second-order valence-electron chi connectivity index (χ2n) is 4.90. The maximum atomic E-state index is 6.23. The van der Waals surface area contributed by atoms with Gasteiger partial charge in [-0.25, -0.2) is 0 Å². The number of hydrogen-bond donors (Lipinski definition) is 1. The molecule has 108 valence electrons. The maximum Gasteiger partial charge on any atom is 0.0439 e. The summed E-state index contributed by atoms with van der Waals surface area (Å²) in [7, 11) is 2.01. The molecule has 0 fully saturated rings. The Morgan fingerprint density at radius 1 is 1.25 bits per heavy atom. The zero-order valence-electron chi connectivity index (χ0n) is 11.5. The van der Waals surface area contributed by atoms with Crippen LogP contribution < -0.4 is 5.32 Å². The molecular formula is C16H19Cl2NS. The van der Waals surface area contributed by atoms with Gasteiger partial charge in [-0.05, 0) is 67.9 Å². The molecule has 0 aliphatic heterocycles. The van der Waals surface area contributed by atoms with Crippen LogP contribution in [0.4, 0.5) is 0 Å². The summed E-state index contributed by atoms with van der Waals surface area (Å²) in [5.41, 5.74) is 1.12. The second-order valence-corrected chi connectivity index (χ2v) is 6.77. The van der Waals surface area contributed by atoms with E-state index in [0.29, 0.717) is 6.04 Å². The smallest absolute Gasteiger partial charge is 0.0439 e. The van der Waals surface area contributed by atoms with Crippen molar-refractivity contribution in [3.05, 3.63) is 56.2 Å². The molecule has 0 aliphatic rings. The highest BCUT2D eigenvalue weighted by Gasteiger charge is 2.10. The monoisotopic (exact) mass is 327 g/mol. The third-order valence-corrected chi connectivity index (χ3v) is 4.98. The van der Waals surface area contributed by atoms with Crippen LogP contribution in [0.25, 0.3) is 0 Å². The van der Waals surface area contributed by atoms with E-state index in [2.05, 4.69) is 22.8 Å². The van der Waals surface area contributed by atoms with Gasteiger partial charge in [0.2, 0.25) is 0 Å². The summed E-state index contributed by atoms with van der Waals surface area (Å²) in [6.07, 6.45) is 4.39. The lowest BCUT2D eigenvalue weighted by molar-refractivity contribution is 0.503. The normalized spacial score (nSPS) is 12.6. The van der Waals surface area contributed by atoms with Crippen LogP contribution in [0.15, 0.2) is 35.7 Å². The average Bonchev–Trinajstić information content (AvgIpc) is 2.94. The van der Waals surface area contributed by atoms with Crippen LogP contribution in [-0.2, 0) is 12.8 Å². The van der Waals surface area contributed by atoms with Crippen molar-refractivity contribution in [3.63, 3.8) is 0 Å². The van der Waals surface area contributed by atoms with Crippen molar-refractivity contribution in [2.24, 2.45) is 0 Å². The molecule has 1 aromatic heterocycles. The van der Waals surface area contributed by atoms with Crippen molar-refractivity contribution >= 4 is 34.5 Å². The van der Waals surface area contributed by atoms with Crippen LogP contribution in [0.5, 0.6) is 0 Å². The minimum atomic E-state index is 0.436.